The van der Waals surface area contributed by atoms with Crippen molar-refractivity contribution in [3.63, 3.8) is 0 Å². The topological polar surface area (TPSA) is 78.5 Å². The van der Waals surface area contributed by atoms with E-state index in [1.54, 1.807) is 19.2 Å². The molecule has 0 spiro atoms. The van der Waals surface area contributed by atoms with Gasteiger partial charge < -0.3 is 23.8 Å². The third-order valence-corrected chi connectivity index (χ3v) is 5.20. The highest BCUT2D eigenvalue weighted by atomic mass is 16.5. The average Bonchev–Trinajstić information content (AvgIpc) is 3.48. The Morgan fingerprint density at radius 1 is 1.06 bits per heavy atom. The van der Waals surface area contributed by atoms with E-state index in [2.05, 4.69) is 16.0 Å². The quantitative estimate of drug-likeness (QED) is 0.353. The number of methoxy groups -OCH3 is 1. The van der Waals surface area contributed by atoms with Crippen LogP contribution in [-0.4, -0.2) is 35.7 Å². The van der Waals surface area contributed by atoms with Crippen LogP contribution in [0, 0.1) is 0 Å². The van der Waals surface area contributed by atoms with Crippen molar-refractivity contribution in [1.29, 1.82) is 0 Å². The van der Waals surface area contributed by atoms with E-state index in [-0.39, 0.29) is 5.91 Å². The summed E-state index contributed by atoms with van der Waals surface area (Å²) in [5.74, 6) is 2.66. The van der Waals surface area contributed by atoms with E-state index in [0.717, 1.165) is 47.7 Å². The molecular weight excluding hydrogens is 406 g/mol. The van der Waals surface area contributed by atoms with E-state index in [4.69, 9.17) is 18.9 Å². The number of hydrogen-bond donors (Lipinski definition) is 1. The normalized spacial score (nSPS) is 10.9. The van der Waals surface area contributed by atoms with Gasteiger partial charge in [0.1, 0.15) is 17.3 Å². The molecule has 0 atom stereocenters. The van der Waals surface area contributed by atoms with Crippen molar-refractivity contribution in [3.05, 3.63) is 78.5 Å². The Balaban J connectivity index is 1.32. The van der Waals surface area contributed by atoms with Gasteiger partial charge in [-0.25, -0.2) is 4.98 Å². The van der Waals surface area contributed by atoms with Crippen LogP contribution < -0.4 is 14.8 Å². The number of unbranched alkanes of at least 4 members (excludes halogenated alkanes) is 1. The van der Waals surface area contributed by atoms with E-state index in [0.29, 0.717) is 25.3 Å². The van der Waals surface area contributed by atoms with E-state index in [1.807, 2.05) is 42.5 Å². The highest BCUT2D eigenvalue weighted by Gasteiger charge is 2.12. The Labute approximate surface area is 187 Å². The first-order valence-corrected chi connectivity index (χ1v) is 10.8. The fraction of sp³-hybridized carbons (Fsp3) is 0.280. The maximum Gasteiger partial charge on any atom is 0.286 e. The molecule has 0 aliphatic rings. The molecule has 166 valence electrons. The van der Waals surface area contributed by atoms with Crippen LogP contribution in [0.15, 0.2) is 71.3 Å². The summed E-state index contributed by atoms with van der Waals surface area (Å²) in [7, 11) is 1.65. The minimum absolute atomic E-state index is 0.215. The van der Waals surface area contributed by atoms with Crippen LogP contribution in [0.3, 0.4) is 0 Å². The number of imidazole rings is 1. The fourth-order valence-electron chi connectivity index (χ4n) is 3.60. The fourth-order valence-corrected chi connectivity index (χ4v) is 3.60. The second-order valence-corrected chi connectivity index (χ2v) is 7.39. The van der Waals surface area contributed by atoms with Gasteiger partial charge in [-0.15, -0.1) is 0 Å². The number of carbonyl (C=O) groups is 1. The molecule has 32 heavy (non-hydrogen) atoms. The van der Waals surface area contributed by atoms with Crippen molar-refractivity contribution in [2.75, 3.05) is 20.3 Å². The minimum Gasteiger partial charge on any atom is -0.497 e. The Hall–Kier alpha value is -3.74. The molecule has 0 saturated carbocycles. The average molecular weight is 434 g/mol. The van der Waals surface area contributed by atoms with E-state index in [9.17, 15) is 4.79 Å². The largest absolute Gasteiger partial charge is 0.497 e. The van der Waals surface area contributed by atoms with Crippen molar-refractivity contribution in [1.82, 2.24) is 14.9 Å². The van der Waals surface area contributed by atoms with Crippen LogP contribution in [0.5, 0.6) is 11.5 Å². The number of para-hydroxylation sites is 2. The van der Waals surface area contributed by atoms with Gasteiger partial charge in [0.2, 0.25) is 0 Å². The lowest BCUT2D eigenvalue weighted by atomic mass is 10.2. The van der Waals surface area contributed by atoms with Crippen LogP contribution >= 0.6 is 0 Å². The van der Waals surface area contributed by atoms with Crippen LogP contribution in [0.2, 0.25) is 0 Å². The number of amides is 1. The van der Waals surface area contributed by atoms with Gasteiger partial charge in [0, 0.05) is 25.6 Å². The zero-order valence-corrected chi connectivity index (χ0v) is 18.1. The number of furan rings is 1. The van der Waals surface area contributed by atoms with Crippen molar-refractivity contribution in [3.8, 4) is 11.5 Å². The summed E-state index contributed by atoms with van der Waals surface area (Å²) in [5, 5.41) is 2.89. The molecule has 4 rings (SSSR count). The monoisotopic (exact) mass is 433 g/mol. The number of ether oxygens (including phenoxy) is 2. The molecule has 2 heterocycles. The summed E-state index contributed by atoms with van der Waals surface area (Å²) >= 11 is 0. The number of aromatic nitrogens is 2. The van der Waals surface area contributed by atoms with Crippen molar-refractivity contribution in [2.24, 2.45) is 0 Å². The van der Waals surface area contributed by atoms with Gasteiger partial charge in [-0.1, -0.05) is 18.2 Å². The minimum atomic E-state index is -0.215. The van der Waals surface area contributed by atoms with Crippen molar-refractivity contribution < 1.29 is 18.7 Å². The molecule has 7 heteroatoms. The molecule has 0 saturated heterocycles. The molecule has 4 aromatic rings. The molecule has 0 aliphatic heterocycles. The van der Waals surface area contributed by atoms with Gasteiger partial charge in [-0.2, -0.15) is 0 Å². The predicted octanol–water partition coefficient (Wildman–Crippen LogP) is 4.47. The molecule has 0 bridgehead atoms. The predicted molar refractivity (Wildman–Crippen MR) is 122 cm³/mol. The molecule has 0 fully saturated rings. The number of nitrogens with zero attached hydrogens (tertiary/aromatic N) is 2. The Kier molecular flexibility index (Phi) is 7.07. The number of rotatable bonds is 11. The number of fused-ring (bicyclic) bond motifs is 1. The Bertz CT molecular complexity index is 1150. The number of hydrogen-bond acceptors (Lipinski definition) is 5. The molecule has 2 aromatic carbocycles. The molecule has 1 N–H and O–H groups in total. The van der Waals surface area contributed by atoms with Crippen LogP contribution in [-0.2, 0) is 13.0 Å². The molecular formula is C25H27N3O4. The Morgan fingerprint density at radius 2 is 1.94 bits per heavy atom. The second-order valence-electron chi connectivity index (χ2n) is 7.39. The molecule has 1 amide bonds. The van der Waals surface area contributed by atoms with Crippen LogP contribution in [0.1, 0.15) is 29.2 Å². The Morgan fingerprint density at radius 3 is 2.78 bits per heavy atom. The summed E-state index contributed by atoms with van der Waals surface area (Å²) in [5.41, 5.74) is 2.07. The van der Waals surface area contributed by atoms with Crippen LogP contribution in [0.25, 0.3) is 11.0 Å². The molecule has 0 unspecified atom stereocenters. The van der Waals surface area contributed by atoms with Gasteiger partial charge in [-0.3, -0.25) is 4.79 Å². The molecule has 7 nitrogen and oxygen atoms in total. The first kappa shape index (κ1) is 21.5. The smallest absolute Gasteiger partial charge is 0.286 e. The van der Waals surface area contributed by atoms with Crippen molar-refractivity contribution in [2.45, 2.75) is 25.8 Å². The van der Waals surface area contributed by atoms with Gasteiger partial charge >= 0.3 is 0 Å². The highest BCUT2D eigenvalue weighted by molar-refractivity contribution is 5.91. The standard InChI is InChI=1S/C25H27N3O4/c1-30-19-8-6-9-20(18-19)31-16-5-4-15-28-22-11-3-2-10-21(22)27-24(28)13-14-26-25(29)23-12-7-17-32-23/h2-3,6-12,17-18H,4-5,13-16H2,1H3,(H,26,29). The van der Waals surface area contributed by atoms with E-state index in [1.165, 1.54) is 6.26 Å². The van der Waals surface area contributed by atoms with Gasteiger partial charge in [0.05, 0.1) is 31.0 Å². The van der Waals surface area contributed by atoms with E-state index >= 15 is 0 Å². The molecule has 0 aliphatic carbocycles. The maximum atomic E-state index is 12.1. The summed E-state index contributed by atoms with van der Waals surface area (Å²) in [6, 6.07) is 19.1. The maximum absolute atomic E-state index is 12.1. The number of carbonyl (C=O) groups excluding carboxylic acids is 1. The van der Waals surface area contributed by atoms with Crippen LogP contribution in [0.4, 0.5) is 0 Å². The lowest BCUT2D eigenvalue weighted by Gasteiger charge is -2.11. The summed E-state index contributed by atoms with van der Waals surface area (Å²) < 4.78 is 18.5. The third-order valence-electron chi connectivity index (χ3n) is 5.20. The summed E-state index contributed by atoms with van der Waals surface area (Å²) in [6.07, 6.45) is 4.00. The SMILES string of the molecule is COc1cccc(OCCCCn2c(CCNC(=O)c3ccco3)nc3ccccc32)c1. The lowest BCUT2D eigenvalue weighted by molar-refractivity contribution is 0.0926. The zero-order valence-electron chi connectivity index (χ0n) is 18.1. The third kappa shape index (κ3) is 5.29. The number of aryl methyl sites for hydroxylation is 1. The molecule has 2 aromatic heterocycles. The number of nitrogens with one attached hydrogen (secondary N) is 1. The lowest BCUT2D eigenvalue weighted by Crippen LogP contribution is -2.26. The van der Waals surface area contributed by atoms with Gasteiger partial charge in [-0.05, 0) is 49.2 Å². The summed E-state index contributed by atoms with van der Waals surface area (Å²) in [4.78, 5) is 16.9. The highest BCUT2D eigenvalue weighted by Crippen LogP contribution is 2.20. The molecule has 0 radical (unpaired) electrons. The van der Waals surface area contributed by atoms with E-state index < -0.39 is 0 Å². The van der Waals surface area contributed by atoms with Crippen molar-refractivity contribution >= 4 is 16.9 Å². The summed E-state index contributed by atoms with van der Waals surface area (Å²) in [6.45, 7) is 1.96. The first-order chi connectivity index (χ1) is 15.7. The second kappa shape index (κ2) is 10.5. The zero-order chi connectivity index (χ0) is 22.2. The number of benzene rings is 2. The van der Waals surface area contributed by atoms with Gasteiger partial charge in [0.15, 0.2) is 5.76 Å². The van der Waals surface area contributed by atoms with Gasteiger partial charge in [0.25, 0.3) is 5.91 Å². The first-order valence-electron chi connectivity index (χ1n) is 10.8.